The standard InChI is InChI=1S/C27H32N6O3/c1-16-11-17(2)31-27(35)23(16)14-30-26(34)22-13-21-12-20(25-28-5-6-29-25)15-33(21)24(18(22)3)19(4)32-7-9-36-10-8-32/h5-6,11-13,15,19H,7-10,14H2,1-4H3,(H,28,29)(H,30,34)(H,31,35). The van der Waals surface area contributed by atoms with Gasteiger partial charge in [0.25, 0.3) is 11.5 Å². The minimum atomic E-state index is -0.203. The number of amides is 1. The molecule has 1 aliphatic heterocycles. The number of nitrogens with zero attached hydrogens (tertiary/aromatic N) is 3. The van der Waals surface area contributed by atoms with Gasteiger partial charge in [0.2, 0.25) is 0 Å². The maximum Gasteiger partial charge on any atom is 0.253 e. The number of aromatic nitrogens is 4. The van der Waals surface area contributed by atoms with Gasteiger partial charge in [0.15, 0.2) is 0 Å². The SMILES string of the molecule is Cc1cc(C)c(CNC(=O)c2cc3cc(-c4ncc[nH]4)cn3c(C(C)N3CCOCC3)c2C)c(=O)[nH]1. The van der Waals surface area contributed by atoms with Crippen LogP contribution in [-0.2, 0) is 11.3 Å². The third kappa shape index (κ3) is 4.47. The number of hydrogen-bond acceptors (Lipinski definition) is 5. The number of aromatic amines is 2. The zero-order chi connectivity index (χ0) is 25.4. The van der Waals surface area contributed by atoms with Crippen molar-refractivity contribution >= 4 is 11.4 Å². The summed E-state index contributed by atoms with van der Waals surface area (Å²) in [4.78, 5) is 38.7. The number of carbonyl (C=O) groups is 1. The van der Waals surface area contributed by atoms with Crippen molar-refractivity contribution in [1.82, 2.24) is 29.6 Å². The number of hydrogen-bond donors (Lipinski definition) is 3. The molecule has 3 N–H and O–H groups in total. The monoisotopic (exact) mass is 488 g/mol. The molecule has 0 saturated carbocycles. The molecule has 0 aliphatic carbocycles. The number of aryl methyl sites for hydroxylation is 2. The normalized spacial score (nSPS) is 15.3. The minimum Gasteiger partial charge on any atom is -0.379 e. The molecule has 1 unspecified atom stereocenters. The summed E-state index contributed by atoms with van der Waals surface area (Å²) in [5, 5.41) is 2.98. The Morgan fingerprint density at radius 2 is 1.97 bits per heavy atom. The van der Waals surface area contributed by atoms with Gasteiger partial charge in [-0.15, -0.1) is 0 Å². The van der Waals surface area contributed by atoms with E-state index < -0.39 is 0 Å². The molecule has 36 heavy (non-hydrogen) atoms. The molecular formula is C27H32N6O3. The highest BCUT2D eigenvalue weighted by Crippen LogP contribution is 2.31. The van der Waals surface area contributed by atoms with E-state index in [1.807, 2.05) is 39.0 Å². The van der Waals surface area contributed by atoms with Crippen LogP contribution in [0.3, 0.4) is 0 Å². The average molecular weight is 489 g/mol. The predicted octanol–water partition coefficient (Wildman–Crippen LogP) is 3.27. The highest BCUT2D eigenvalue weighted by Gasteiger charge is 2.26. The van der Waals surface area contributed by atoms with Gasteiger partial charge in [0, 0.05) is 77.9 Å². The van der Waals surface area contributed by atoms with Crippen molar-refractivity contribution in [3.63, 3.8) is 0 Å². The molecule has 5 heterocycles. The molecule has 5 rings (SSSR count). The van der Waals surface area contributed by atoms with E-state index in [1.54, 1.807) is 12.4 Å². The maximum absolute atomic E-state index is 13.5. The first-order chi connectivity index (χ1) is 17.3. The summed E-state index contributed by atoms with van der Waals surface area (Å²) in [7, 11) is 0. The number of fused-ring (bicyclic) bond motifs is 1. The Labute approximate surface area is 209 Å². The molecule has 1 atom stereocenters. The van der Waals surface area contributed by atoms with Crippen molar-refractivity contribution in [2.24, 2.45) is 0 Å². The number of morpholine rings is 1. The second kappa shape index (κ2) is 9.75. The number of carbonyl (C=O) groups excluding carboxylic acids is 1. The molecular weight excluding hydrogens is 456 g/mol. The smallest absolute Gasteiger partial charge is 0.253 e. The molecule has 1 aliphatic rings. The lowest BCUT2D eigenvalue weighted by Gasteiger charge is -2.34. The van der Waals surface area contributed by atoms with E-state index in [1.165, 1.54) is 0 Å². The van der Waals surface area contributed by atoms with Crippen LogP contribution < -0.4 is 10.9 Å². The van der Waals surface area contributed by atoms with Crippen LogP contribution in [0.25, 0.3) is 16.9 Å². The molecule has 0 bridgehead atoms. The van der Waals surface area contributed by atoms with Crippen LogP contribution in [-0.4, -0.2) is 56.5 Å². The Morgan fingerprint density at radius 1 is 1.19 bits per heavy atom. The van der Waals surface area contributed by atoms with Crippen molar-refractivity contribution in [1.29, 1.82) is 0 Å². The molecule has 9 nitrogen and oxygen atoms in total. The van der Waals surface area contributed by atoms with Gasteiger partial charge in [-0.25, -0.2) is 4.98 Å². The topological polar surface area (TPSA) is 108 Å². The number of pyridine rings is 2. The summed E-state index contributed by atoms with van der Waals surface area (Å²) in [6.07, 6.45) is 5.60. The molecule has 1 saturated heterocycles. The quantitative estimate of drug-likeness (QED) is 0.386. The number of ether oxygens (including phenoxy) is 1. The first kappa shape index (κ1) is 24.0. The van der Waals surface area contributed by atoms with Crippen molar-refractivity contribution in [2.45, 2.75) is 40.3 Å². The highest BCUT2D eigenvalue weighted by atomic mass is 16.5. The highest BCUT2D eigenvalue weighted by molar-refractivity contribution is 5.97. The van der Waals surface area contributed by atoms with E-state index in [2.05, 4.69) is 42.7 Å². The van der Waals surface area contributed by atoms with Gasteiger partial charge in [-0.05, 0) is 57.0 Å². The number of nitrogens with one attached hydrogen (secondary N) is 3. The molecule has 1 fully saturated rings. The fourth-order valence-electron chi connectivity index (χ4n) is 5.18. The Morgan fingerprint density at radius 3 is 2.67 bits per heavy atom. The Kier molecular flexibility index (Phi) is 6.51. The summed E-state index contributed by atoms with van der Waals surface area (Å²) in [6, 6.07) is 5.94. The van der Waals surface area contributed by atoms with E-state index in [9.17, 15) is 9.59 Å². The Hall–Kier alpha value is -3.69. The van der Waals surface area contributed by atoms with Gasteiger partial charge in [-0.1, -0.05) is 0 Å². The van der Waals surface area contributed by atoms with E-state index in [0.717, 1.165) is 52.5 Å². The third-order valence-corrected chi connectivity index (χ3v) is 7.11. The van der Waals surface area contributed by atoms with E-state index in [0.29, 0.717) is 24.3 Å². The fourth-order valence-corrected chi connectivity index (χ4v) is 5.18. The second-order valence-electron chi connectivity index (χ2n) is 9.48. The van der Waals surface area contributed by atoms with Crippen molar-refractivity contribution in [3.05, 3.63) is 80.8 Å². The van der Waals surface area contributed by atoms with Gasteiger partial charge >= 0.3 is 0 Å². The van der Waals surface area contributed by atoms with Gasteiger partial charge in [0.1, 0.15) is 5.82 Å². The molecule has 0 radical (unpaired) electrons. The van der Waals surface area contributed by atoms with E-state index >= 15 is 0 Å². The number of rotatable bonds is 6. The molecule has 4 aromatic heterocycles. The summed E-state index contributed by atoms with van der Waals surface area (Å²) >= 11 is 0. The van der Waals surface area contributed by atoms with E-state index in [4.69, 9.17) is 4.74 Å². The predicted molar refractivity (Wildman–Crippen MR) is 138 cm³/mol. The van der Waals surface area contributed by atoms with Gasteiger partial charge in [-0.2, -0.15) is 0 Å². The Bertz CT molecular complexity index is 1460. The number of imidazole rings is 1. The van der Waals surface area contributed by atoms with Crippen LogP contribution in [0, 0.1) is 20.8 Å². The maximum atomic E-state index is 13.5. The van der Waals surface area contributed by atoms with Crippen LogP contribution in [0.5, 0.6) is 0 Å². The first-order valence-electron chi connectivity index (χ1n) is 12.3. The molecule has 9 heteroatoms. The average Bonchev–Trinajstić information content (AvgIpc) is 3.53. The minimum absolute atomic E-state index is 0.0724. The second-order valence-corrected chi connectivity index (χ2v) is 9.48. The van der Waals surface area contributed by atoms with Crippen LogP contribution in [0.1, 0.15) is 51.4 Å². The lowest BCUT2D eigenvalue weighted by molar-refractivity contribution is 0.0187. The van der Waals surface area contributed by atoms with Crippen LogP contribution in [0.15, 0.2) is 41.6 Å². The molecule has 0 aromatic carbocycles. The Balaban J connectivity index is 1.55. The van der Waals surface area contributed by atoms with Crippen LogP contribution in [0.4, 0.5) is 0 Å². The van der Waals surface area contributed by atoms with Crippen molar-refractivity contribution < 1.29 is 9.53 Å². The molecule has 0 spiro atoms. The molecule has 4 aromatic rings. The molecule has 188 valence electrons. The summed E-state index contributed by atoms with van der Waals surface area (Å²) in [6.45, 7) is 11.1. The lowest BCUT2D eigenvalue weighted by Crippen LogP contribution is -2.39. The third-order valence-electron chi connectivity index (χ3n) is 7.11. The summed E-state index contributed by atoms with van der Waals surface area (Å²) in [5.41, 5.74) is 6.50. The van der Waals surface area contributed by atoms with Crippen LogP contribution >= 0.6 is 0 Å². The largest absolute Gasteiger partial charge is 0.379 e. The summed E-state index contributed by atoms with van der Waals surface area (Å²) < 4.78 is 7.73. The fraction of sp³-hybridized carbons (Fsp3) is 0.370. The first-order valence-corrected chi connectivity index (χ1v) is 12.3. The van der Waals surface area contributed by atoms with Crippen molar-refractivity contribution in [2.75, 3.05) is 26.3 Å². The van der Waals surface area contributed by atoms with Crippen molar-refractivity contribution in [3.8, 4) is 11.4 Å². The zero-order valence-corrected chi connectivity index (χ0v) is 21.1. The van der Waals surface area contributed by atoms with Crippen LogP contribution in [0.2, 0.25) is 0 Å². The lowest BCUT2D eigenvalue weighted by atomic mass is 10.0. The van der Waals surface area contributed by atoms with Gasteiger partial charge in [-0.3, -0.25) is 14.5 Å². The summed E-state index contributed by atoms with van der Waals surface area (Å²) in [5.74, 6) is 0.576. The van der Waals surface area contributed by atoms with E-state index in [-0.39, 0.29) is 24.1 Å². The van der Waals surface area contributed by atoms with Gasteiger partial charge < -0.3 is 24.4 Å². The van der Waals surface area contributed by atoms with Gasteiger partial charge in [0.05, 0.1) is 13.2 Å². The molecule has 1 amide bonds. The zero-order valence-electron chi connectivity index (χ0n) is 21.1. The number of H-pyrrole nitrogens is 2.